The van der Waals surface area contributed by atoms with Crippen molar-refractivity contribution in [2.45, 2.75) is 33.1 Å². The van der Waals surface area contributed by atoms with Crippen molar-refractivity contribution in [3.8, 4) is 0 Å². The fraction of sp³-hybridized carbons (Fsp3) is 0.733. The minimum absolute atomic E-state index is 0.112. The van der Waals surface area contributed by atoms with Crippen LogP contribution >= 0.6 is 0 Å². The summed E-state index contributed by atoms with van der Waals surface area (Å²) in [4.78, 5) is 14.6. The number of hydrogen-bond acceptors (Lipinski definition) is 3. The third kappa shape index (κ3) is 3.39. The van der Waals surface area contributed by atoms with Crippen molar-refractivity contribution in [2.75, 3.05) is 26.2 Å². The van der Waals surface area contributed by atoms with Gasteiger partial charge in [0.2, 0.25) is 0 Å². The molecule has 1 N–H and O–H groups in total. The number of piperidine rings is 1. The van der Waals surface area contributed by atoms with E-state index in [0.717, 1.165) is 51.1 Å². The molecule has 1 fully saturated rings. The summed E-state index contributed by atoms with van der Waals surface area (Å²) >= 11 is 0. The van der Waals surface area contributed by atoms with Crippen LogP contribution in [0, 0.1) is 5.92 Å². The molecule has 0 bridgehead atoms. The van der Waals surface area contributed by atoms with E-state index in [2.05, 4.69) is 24.3 Å². The van der Waals surface area contributed by atoms with Crippen LogP contribution in [0.3, 0.4) is 0 Å². The lowest BCUT2D eigenvalue weighted by atomic mass is 9.97. The topological polar surface area (TPSA) is 50.2 Å². The second kappa shape index (κ2) is 6.88. The van der Waals surface area contributed by atoms with Gasteiger partial charge in [-0.2, -0.15) is 5.10 Å². The van der Waals surface area contributed by atoms with Gasteiger partial charge in [0, 0.05) is 20.1 Å². The van der Waals surface area contributed by atoms with E-state index in [-0.39, 0.29) is 5.91 Å². The zero-order valence-electron chi connectivity index (χ0n) is 12.9. The van der Waals surface area contributed by atoms with Crippen molar-refractivity contribution in [3.05, 3.63) is 17.5 Å². The van der Waals surface area contributed by atoms with Gasteiger partial charge in [0.25, 0.3) is 5.91 Å². The minimum Gasteiger partial charge on any atom is -0.337 e. The molecule has 0 saturated carbocycles. The molecule has 0 aromatic carbocycles. The normalized spacial score (nSPS) is 16.4. The Balaban J connectivity index is 2.05. The minimum atomic E-state index is 0.112. The molecule has 5 nitrogen and oxygen atoms in total. The summed E-state index contributed by atoms with van der Waals surface area (Å²) in [6.07, 6.45) is 3.19. The number of rotatable bonds is 5. The van der Waals surface area contributed by atoms with Crippen LogP contribution in [0.2, 0.25) is 0 Å². The molecule has 0 radical (unpaired) electrons. The Bertz CT molecular complexity index is 449. The van der Waals surface area contributed by atoms with Gasteiger partial charge in [-0.25, -0.2) is 0 Å². The van der Waals surface area contributed by atoms with Crippen molar-refractivity contribution < 1.29 is 4.79 Å². The van der Waals surface area contributed by atoms with Crippen LogP contribution in [0.25, 0.3) is 0 Å². The van der Waals surface area contributed by atoms with Crippen LogP contribution in [-0.2, 0) is 13.5 Å². The first kappa shape index (κ1) is 15.0. The number of carbonyl (C=O) groups is 1. The second-order valence-corrected chi connectivity index (χ2v) is 5.54. The summed E-state index contributed by atoms with van der Waals surface area (Å²) in [7, 11) is 1.85. The predicted octanol–water partition coefficient (Wildman–Crippen LogP) is 1.44. The third-order valence-electron chi connectivity index (χ3n) is 4.12. The average Bonchev–Trinajstić information content (AvgIpc) is 2.86. The molecule has 2 heterocycles. The molecule has 0 spiro atoms. The number of aromatic nitrogens is 2. The molecule has 20 heavy (non-hydrogen) atoms. The Morgan fingerprint density at radius 2 is 2.15 bits per heavy atom. The first-order valence-electron chi connectivity index (χ1n) is 7.68. The molecule has 1 saturated heterocycles. The fourth-order valence-electron chi connectivity index (χ4n) is 2.79. The number of carbonyl (C=O) groups excluding carboxylic acids is 1. The van der Waals surface area contributed by atoms with Crippen molar-refractivity contribution in [2.24, 2.45) is 13.0 Å². The van der Waals surface area contributed by atoms with Gasteiger partial charge in [-0.15, -0.1) is 0 Å². The Kier molecular flexibility index (Phi) is 5.17. The maximum Gasteiger partial charge on any atom is 0.272 e. The highest BCUT2D eigenvalue weighted by molar-refractivity contribution is 5.92. The summed E-state index contributed by atoms with van der Waals surface area (Å²) < 4.78 is 1.71. The maximum atomic E-state index is 12.6. The molecule has 1 aliphatic rings. The number of aryl methyl sites for hydroxylation is 2. The molecule has 2 rings (SSSR count). The van der Waals surface area contributed by atoms with Crippen LogP contribution in [0.5, 0.6) is 0 Å². The highest BCUT2D eigenvalue weighted by Crippen LogP contribution is 2.15. The highest BCUT2D eigenvalue weighted by Gasteiger charge is 2.23. The SMILES string of the molecule is CCc1cc(C(=O)N(CC)CC2CCNCC2)n(C)n1. The Labute approximate surface area is 121 Å². The molecule has 1 aromatic rings. The van der Waals surface area contributed by atoms with Crippen LogP contribution in [0.15, 0.2) is 6.07 Å². The van der Waals surface area contributed by atoms with Crippen LogP contribution in [-0.4, -0.2) is 46.8 Å². The molecule has 1 amide bonds. The van der Waals surface area contributed by atoms with E-state index < -0.39 is 0 Å². The lowest BCUT2D eigenvalue weighted by molar-refractivity contribution is 0.0715. The number of amides is 1. The Morgan fingerprint density at radius 1 is 1.45 bits per heavy atom. The lowest BCUT2D eigenvalue weighted by Gasteiger charge is -2.29. The van der Waals surface area contributed by atoms with Crippen molar-refractivity contribution >= 4 is 5.91 Å². The van der Waals surface area contributed by atoms with Gasteiger partial charge in [0.05, 0.1) is 5.69 Å². The molecule has 0 atom stereocenters. The molecule has 1 aliphatic heterocycles. The zero-order valence-corrected chi connectivity index (χ0v) is 12.9. The number of nitrogens with zero attached hydrogens (tertiary/aromatic N) is 3. The summed E-state index contributed by atoms with van der Waals surface area (Å²) in [5.41, 5.74) is 1.69. The molecule has 1 aromatic heterocycles. The first-order chi connectivity index (χ1) is 9.65. The quantitative estimate of drug-likeness (QED) is 0.887. The van der Waals surface area contributed by atoms with Crippen LogP contribution < -0.4 is 5.32 Å². The van der Waals surface area contributed by atoms with E-state index in [9.17, 15) is 4.79 Å². The largest absolute Gasteiger partial charge is 0.337 e. The van der Waals surface area contributed by atoms with Crippen molar-refractivity contribution in [1.82, 2.24) is 20.0 Å². The van der Waals surface area contributed by atoms with Crippen LogP contribution in [0.4, 0.5) is 0 Å². The van der Waals surface area contributed by atoms with E-state index in [4.69, 9.17) is 0 Å². The standard InChI is InChI=1S/C15H26N4O/c1-4-13-10-14(18(3)17-13)15(20)19(5-2)11-12-6-8-16-9-7-12/h10,12,16H,4-9,11H2,1-3H3. The maximum absolute atomic E-state index is 12.6. The first-order valence-corrected chi connectivity index (χ1v) is 7.68. The molecular formula is C15H26N4O. The molecule has 5 heteroatoms. The molecule has 0 aliphatic carbocycles. The number of hydrogen-bond donors (Lipinski definition) is 1. The van der Waals surface area contributed by atoms with Crippen LogP contribution in [0.1, 0.15) is 42.9 Å². The van der Waals surface area contributed by atoms with Gasteiger partial charge >= 0.3 is 0 Å². The van der Waals surface area contributed by atoms with E-state index in [1.54, 1.807) is 4.68 Å². The molecule has 0 unspecified atom stereocenters. The lowest BCUT2D eigenvalue weighted by Crippen LogP contribution is -2.39. The molecule has 112 valence electrons. The highest BCUT2D eigenvalue weighted by atomic mass is 16.2. The van der Waals surface area contributed by atoms with Crippen molar-refractivity contribution in [1.29, 1.82) is 0 Å². The van der Waals surface area contributed by atoms with Gasteiger partial charge in [0.1, 0.15) is 5.69 Å². The Hall–Kier alpha value is -1.36. The van der Waals surface area contributed by atoms with Gasteiger partial charge in [0.15, 0.2) is 0 Å². The summed E-state index contributed by atoms with van der Waals surface area (Å²) in [5.74, 6) is 0.736. The van der Waals surface area contributed by atoms with E-state index in [0.29, 0.717) is 11.6 Å². The second-order valence-electron chi connectivity index (χ2n) is 5.54. The molecular weight excluding hydrogens is 252 g/mol. The van der Waals surface area contributed by atoms with E-state index >= 15 is 0 Å². The van der Waals surface area contributed by atoms with Gasteiger partial charge in [-0.05, 0) is 51.3 Å². The summed E-state index contributed by atoms with van der Waals surface area (Å²) in [5, 5.41) is 7.74. The van der Waals surface area contributed by atoms with Gasteiger partial charge < -0.3 is 10.2 Å². The fourth-order valence-corrected chi connectivity index (χ4v) is 2.79. The van der Waals surface area contributed by atoms with Crippen molar-refractivity contribution in [3.63, 3.8) is 0 Å². The summed E-state index contributed by atoms with van der Waals surface area (Å²) in [6, 6.07) is 1.92. The van der Waals surface area contributed by atoms with E-state index in [1.807, 2.05) is 18.0 Å². The summed E-state index contributed by atoms with van der Waals surface area (Å²) in [6.45, 7) is 7.88. The zero-order chi connectivity index (χ0) is 14.5. The predicted molar refractivity (Wildman–Crippen MR) is 79.8 cm³/mol. The van der Waals surface area contributed by atoms with E-state index in [1.165, 1.54) is 0 Å². The monoisotopic (exact) mass is 278 g/mol. The smallest absolute Gasteiger partial charge is 0.272 e. The third-order valence-corrected chi connectivity index (χ3v) is 4.12. The average molecular weight is 278 g/mol. The Morgan fingerprint density at radius 3 is 2.70 bits per heavy atom. The van der Waals surface area contributed by atoms with Gasteiger partial charge in [-0.3, -0.25) is 9.48 Å². The number of nitrogens with one attached hydrogen (secondary N) is 1. The van der Waals surface area contributed by atoms with Gasteiger partial charge in [-0.1, -0.05) is 6.92 Å².